The summed E-state index contributed by atoms with van der Waals surface area (Å²) in [6.07, 6.45) is -1.98. The Bertz CT molecular complexity index is 793. The van der Waals surface area contributed by atoms with Crippen LogP contribution >= 0.6 is 11.3 Å². The molecule has 0 aliphatic carbocycles. The summed E-state index contributed by atoms with van der Waals surface area (Å²) >= 11 is 1.07. The topological polar surface area (TPSA) is 183 Å². The predicted octanol–water partition coefficient (Wildman–Crippen LogP) is -1.69. The quantitative estimate of drug-likeness (QED) is 0.271. The van der Waals surface area contributed by atoms with Crippen molar-refractivity contribution < 1.29 is 38.7 Å². The smallest absolute Gasteiger partial charge is 0.369 e. The standard InChI is InChI=1S/C13H15N5O8S/c1-5(19)26-11(12(22)23)18-10(21)6(3-25-18)15-9(20)8(17-24-2)7-4-27-13(14)16-7/h4,6,11H,3H2,1-2H3,(H2,14,16)(H,15,20)(H,22,23)/t6-,11?/m0/s1. The van der Waals surface area contributed by atoms with E-state index >= 15 is 0 Å². The third kappa shape index (κ3) is 4.68. The van der Waals surface area contributed by atoms with Gasteiger partial charge in [-0.05, 0) is 0 Å². The largest absolute Gasteiger partial charge is 0.477 e. The van der Waals surface area contributed by atoms with E-state index in [1.54, 1.807) is 0 Å². The molecule has 14 heteroatoms. The number of nitrogens with one attached hydrogen (secondary N) is 1. The first-order chi connectivity index (χ1) is 12.7. The number of hydrogen-bond acceptors (Lipinski definition) is 11. The number of carboxylic acid groups (broad SMARTS) is 1. The molecule has 1 aliphatic rings. The predicted molar refractivity (Wildman–Crippen MR) is 88.0 cm³/mol. The molecule has 0 bridgehead atoms. The summed E-state index contributed by atoms with van der Waals surface area (Å²) in [7, 11) is 1.21. The molecule has 13 nitrogen and oxygen atoms in total. The number of nitrogens with zero attached hydrogens (tertiary/aromatic N) is 3. The number of aromatic nitrogens is 1. The van der Waals surface area contributed by atoms with Gasteiger partial charge in [0, 0.05) is 12.3 Å². The highest BCUT2D eigenvalue weighted by atomic mass is 32.1. The van der Waals surface area contributed by atoms with E-state index in [2.05, 4.69) is 25.0 Å². The van der Waals surface area contributed by atoms with E-state index in [9.17, 15) is 19.2 Å². The Hall–Kier alpha value is -3.26. The Morgan fingerprint density at radius 2 is 2.26 bits per heavy atom. The number of hydroxylamine groups is 2. The molecule has 0 saturated carbocycles. The van der Waals surface area contributed by atoms with Gasteiger partial charge in [0.25, 0.3) is 18.0 Å². The van der Waals surface area contributed by atoms with Gasteiger partial charge in [0.1, 0.15) is 25.5 Å². The number of thiazole rings is 1. The number of oxime groups is 1. The fourth-order valence-electron chi connectivity index (χ4n) is 2.00. The van der Waals surface area contributed by atoms with Crippen LogP contribution < -0.4 is 11.1 Å². The van der Waals surface area contributed by atoms with E-state index in [1.807, 2.05) is 0 Å². The molecule has 1 unspecified atom stereocenters. The first kappa shape index (κ1) is 20.1. The van der Waals surface area contributed by atoms with Crippen molar-refractivity contribution in [2.24, 2.45) is 5.16 Å². The monoisotopic (exact) mass is 401 g/mol. The highest BCUT2D eigenvalue weighted by Crippen LogP contribution is 2.16. The number of esters is 1. The fourth-order valence-corrected chi connectivity index (χ4v) is 2.55. The Morgan fingerprint density at radius 3 is 2.78 bits per heavy atom. The zero-order chi connectivity index (χ0) is 20.1. The van der Waals surface area contributed by atoms with Crippen molar-refractivity contribution in [2.45, 2.75) is 19.2 Å². The number of aliphatic carboxylic acids is 1. The lowest BCUT2D eigenvalue weighted by molar-refractivity contribution is -0.226. The van der Waals surface area contributed by atoms with Crippen LogP contribution in [0.2, 0.25) is 0 Å². The van der Waals surface area contributed by atoms with Crippen molar-refractivity contribution in [1.82, 2.24) is 15.4 Å². The highest BCUT2D eigenvalue weighted by Gasteiger charge is 2.43. The second-order valence-electron chi connectivity index (χ2n) is 4.98. The van der Waals surface area contributed by atoms with E-state index in [1.165, 1.54) is 12.5 Å². The van der Waals surface area contributed by atoms with Crippen molar-refractivity contribution in [3.8, 4) is 0 Å². The fraction of sp³-hybridized carbons (Fsp3) is 0.385. The Labute approximate surface area is 155 Å². The zero-order valence-electron chi connectivity index (χ0n) is 14.1. The lowest BCUT2D eigenvalue weighted by Gasteiger charge is -2.21. The lowest BCUT2D eigenvalue weighted by Crippen LogP contribution is -2.50. The van der Waals surface area contributed by atoms with E-state index in [0.717, 1.165) is 18.3 Å². The van der Waals surface area contributed by atoms with E-state index < -0.39 is 36.0 Å². The number of rotatable bonds is 7. The number of nitrogens with two attached hydrogens (primary N) is 1. The number of carbonyl (C=O) groups excluding carboxylic acids is 3. The minimum Gasteiger partial charge on any atom is -0.477 e. The molecule has 0 spiro atoms. The van der Waals surface area contributed by atoms with Gasteiger partial charge in [-0.25, -0.2) is 9.78 Å². The molecule has 1 aliphatic heterocycles. The van der Waals surface area contributed by atoms with Crippen molar-refractivity contribution >= 4 is 45.9 Å². The summed E-state index contributed by atoms with van der Waals surface area (Å²) < 4.78 is 4.54. The van der Waals surface area contributed by atoms with Gasteiger partial charge < -0.3 is 25.7 Å². The number of anilines is 1. The molecule has 1 aromatic rings. The molecule has 0 radical (unpaired) electrons. The first-order valence-electron chi connectivity index (χ1n) is 7.24. The van der Waals surface area contributed by atoms with Gasteiger partial charge in [-0.15, -0.1) is 11.3 Å². The van der Waals surface area contributed by atoms with Crippen molar-refractivity contribution in [3.63, 3.8) is 0 Å². The Balaban J connectivity index is 2.12. The van der Waals surface area contributed by atoms with Crippen LogP contribution in [0.3, 0.4) is 0 Å². The average molecular weight is 401 g/mol. The second-order valence-corrected chi connectivity index (χ2v) is 5.87. The number of carboxylic acids is 1. The first-order valence-corrected chi connectivity index (χ1v) is 8.12. The third-order valence-corrected chi connectivity index (χ3v) is 3.74. The van der Waals surface area contributed by atoms with E-state index in [0.29, 0.717) is 5.06 Å². The molecule has 2 atom stereocenters. The minimum absolute atomic E-state index is 0.128. The van der Waals surface area contributed by atoms with Crippen LogP contribution in [0.15, 0.2) is 10.5 Å². The number of nitrogen functional groups attached to an aromatic ring is 1. The summed E-state index contributed by atoms with van der Waals surface area (Å²) in [6, 6.07) is -1.24. The van der Waals surface area contributed by atoms with Crippen molar-refractivity contribution in [2.75, 3.05) is 19.5 Å². The normalized spacial score (nSPS) is 18.1. The SMILES string of the molecule is CON=C(C(=O)N[C@H]1CON(C(OC(C)=O)C(=O)O)C1=O)c1csc(N)n1. The van der Waals surface area contributed by atoms with Crippen LogP contribution in [0.4, 0.5) is 5.13 Å². The van der Waals surface area contributed by atoms with Gasteiger partial charge in [0.05, 0.1) is 0 Å². The molecule has 1 fully saturated rings. The maximum Gasteiger partial charge on any atom is 0.369 e. The molecule has 2 heterocycles. The number of ether oxygens (including phenoxy) is 1. The number of carbonyl (C=O) groups is 4. The molecule has 4 N–H and O–H groups in total. The molecule has 1 saturated heterocycles. The Morgan fingerprint density at radius 1 is 1.56 bits per heavy atom. The van der Waals surface area contributed by atoms with Crippen LogP contribution in [-0.2, 0) is 33.6 Å². The maximum atomic E-state index is 12.4. The summed E-state index contributed by atoms with van der Waals surface area (Å²) in [5.74, 6) is -4.30. The van der Waals surface area contributed by atoms with Gasteiger partial charge in [0.15, 0.2) is 10.8 Å². The molecule has 27 heavy (non-hydrogen) atoms. The van der Waals surface area contributed by atoms with E-state index in [-0.39, 0.29) is 23.1 Å². The van der Waals surface area contributed by atoms with Gasteiger partial charge >= 0.3 is 11.9 Å². The van der Waals surface area contributed by atoms with Crippen molar-refractivity contribution in [1.29, 1.82) is 0 Å². The summed E-state index contributed by atoms with van der Waals surface area (Å²) in [6.45, 7) is 0.595. The summed E-state index contributed by atoms with van der Waals surface area (Å²) in [5.41, 5.74) is 5.40. The van der Waals surface area contributed by atoms with Gasteiger partial charge in [0.2, 0.25) is 0 Å². The van der Waals surface area contributed by atoms with Gasteiger partial charge in [-0.3, -0.25) is 19.2 Å². The van der Waals surface area contributed by atoms with Crippen LogP contribution in [0.5, 0.6) is 0 Å². The molecule has 146 valence electrons. The van der Waals surface area contributed by atoms with Crippen LogP contribution in [0.25, 0.3) is 0 Å². The zero-order valence-corrected chi connectivity index (χ0v) is 14.9. The molecular formula is C13H15N5O8S. The van der Waals surface area contributed by atoms with Crippen molar-refractivity contribution in [3.05, 3.63) is 11.1 Å². The molecule has 1 aromatic heterocycles. The molecule has 2 amide bonds. The molecule has 2 rings (SSSR count). The third-order valence-electron chi connectivity index (χ3n) is 3.06. The lowest BCUT2D eigenvalue weighted by atomic mass is 10.2. The number of hydrogen-bond donors (Lipinski definition) is 3. The number of amides is 2. The van der Waals surface area contributed by atoms with Crippen LogP contribution in [0, 0.1) is 0 Å². The average Bonchev–Trinajstić information content (AvgIpc) is 3.16. The van der Waals surface area contributed by atoms with E-state index in [4.69, 9.17) is 15.7 Å². The second kappa shape index (κ2) is 8.41. The van der Waals surface area contributed by atoms with Gasteiger partial charge in [-0.2, -0.15) is 5.06 Å². The Kier molecular flexibility index (Phi) is 6.25. The molecule has 0 aromatic carbocycles. The summed E-state index contributed by atoms with van der Waals surface area (Å²) in [5, 5.41) is 17.0. The van der Waals surface area contributed by atoms with Crippen LogP contribution in [-0.4, -0.2) is 70.6 Å². The summed E-state index contributed by atoms with van der Waals surface area (Å²) in [4.78, 5) is 60.4. The van der Waals surface area contributed by atoms with Gasteiger partial charge in [-0.1, -0.05) is 5.16 Å². The highest BCUT2D eigenvalue weighted by molar-refractivity contribution is 7.13. The van der Waals surface area contributed by atoms with Crippen LogP contribution in [0.1, 0.15) is 12.6 Å². The minimum atomic E-state index is -1.98. The maximum absolute atomic E-state index is 12.4. The molecular weight excluding hydrogens is 386 g/mol.